The number of benzene rings is 1. The van der Waals surface area contributed by atoms with E-state index in [0.29, 0.717) is 0 Å². The first-order valence-corrected chi connectivity index (χ1v) is 7.10. The van der Waals surface area contributed by atoms with Gasteiger partial charge in [0.1, 0.15) is 0 Å². The predicted molar refractivity (Wildman–Crippen MR) is 65.3 cm³/mol. The first-order valence-electron chi connectivity index (χ1n) is 5.56. The van der Waals surface area contributed by atoms with Gasteiger partial charge in [0.05, 0.1) is 10.9 Å². The molecule has 0 heterocycles. The van der Waals surface area contributed by atoms with Crippen LogP contribution in [0.25, 0.3) is 0 Å². The Labute approximate surface area is 118 Å². The minimum Gasteiger partial charge on any atom is -0.344 e. The second-order valence-corrected chi connectivity index (χ2v) is 5.79. The van der Waals surface area contributed by atoms with Crippen LogP contribution in [0.2, 0.25) is 0 Å². The van der Waals surface area contributed by atoms with Crippen molar-refractivity contribution in [1.29, 1.82) is 0 Å². The van der Waals surface area contributed by atoms with Crippen LogP contribution in [0, 0.1) is 0 Å². The summed E-state index contributed by atoms with van der Waals surface area (Å²) in [7, 11) is -3.91. The fourth-order valence-electron chi connectivity index (χ4n) is 1.42. The lowest BCUT2D eigenvalue weighted by molar-refractivity contribution is -0.170. The first kappa shape index (κ1) is 17.4. The zero-order valence-electron chi connectivity index (χ0n) is 10.7. The van der Waals surface area contributed by atoms with Gasteiger partial charge >= 0.3 is 12.3 Å². The van der Waals surface area contributed by atoms with Gasteiger partial charge in [0.25, 0.3) is 5.91 Å². The second-order valence-electron chi connectivity index (χ2n) is 4.23. The van der Waals surface area contributed by atoms with Crippen molar-refractivity contribution in [3.05, 3.63) is 29.8 Å². The molecule has 0 aliphatic heterocycles. The lowest BCUT2D eigenvalue weighted by Gasteiger charge is -2.19. The molecule has 1 aromatic rings. The van der Waals surface area contributed by atoms with Gasteiger partial charge in [-0.25, -0.2) is 22.3 Å². The Morgan fingerprint density at radius 1 is 1.24 bits per heavy atom. The molecule has 0 aliphatic carbocycles. The molecule has 0 radical (unpaired) electrons. The van der Waals surface area contributed by atoms with E-state index in [1.54, 1.807) is 5.32 Å². The molecule has 3 N–H and O–H groups in total. The van der Waals surface area contributed by atoms with Crippen LogP contribution >= 0.6 is 0 Å². The molecule has 0 spiro atoms. The van der Waals surface area contributed by atoms with Gasteiger partial charge in [-0.1, -0.05) is 12.1 Å². The zero-order chi connectivity index (χ0) is 16.4. The number of halogens is 4. The number of carbonyl (C=O) groups is 1. The molecule has 0 bridgehead atoms. The summed E-state index contributed by atoms with van der Waals surface area (Å²) in [5, 5.41) is 6.60. The largest absolute Gasteiger partial charge is 0.383 e. The van der Waals surface area contributed by atoms with Gasteiger partial charge in [-0.3, -0.25) is 4.79 Å². The topological polar surface area (TPSA) is 89.3 Å². The van der Waals surface area contributed by atoms with Crippen molar-refractivity contribution in [3.8, 4) is 0 Å². The van der Waals surface area contributed by atoms with E-state index >= 15 is 0 Å². The second kappa shape index (κ2) is 5.98. The Morgan fingerprint density at radius 2 is 1.71 bits per heavy atom. The lowest BCUT2D eigenvalue weighted by Crippen LogP contribution is -2.45. The average Bonchev–Trinajstić information content (AvgIpc) is 2.37. The fraction of sp³-hybridized carbons (Fsp3) is 0.364. The molecule has 0 aromatic heterocycles. The van der Waals surface area contributed by atoms with Gasteiger partial charge in [0, 0.05) is 0 Å². The zero-order valence-corrected chi connectivity index (χ0v) is 11.5. The van der Waals surface area contributed by atoms with Gasteiger partial charge in [-0.15, -0.1) is 0 Å². The van der Waals surface area contributed by atoms with Crippen molar-refractivity contribution in [2.24, 2.45) is 5.14 Å². The summed E-state index contributed by atoms with van der Waals surface area (Å²) in [4.78, 5) is 10.9. The van der Waals surface area contributed by atoms with Crippen LogP contribution in [-0.4, -0.2) is 26.7 Å². The third-order valence-electron chi connectivity index (χ3n) is 2.63. The molecule has 10 heteroatoms. The van der Waals surface area contributed by atoms with E-state index in [-0.39, 0.29) is 10.5 Å². The molecule has 0 saturated carbocycles. The van der Waals surface area contributed by atoms with Gasteiger partial charge in [-0.05, 0) is 24.6 Å². The first-order chi connectivity index (χ1) is 9.46. The summed E-state index contributed by atoms with van der Waals surface area (Å²) in [5.41, 5.74) is 0.251. The molecule has 1 aromatic carbocycles. The molecule has 5 nitrogen and oxygen atoms in total. The minimum atomic E-state index is -4.80. The number of nitrogens with two attached hydrogens (primary N) is 1. The molecular formula is C11H12F4N2O3S. The highest BCUT2D eigenvalue weighted by molar-refractivity contribution is 7.89. The number of alkyl halides is 4. The van der Waals surface area contributed by atoms with E-state index in [2.05, 4.69) is 0 Å². The monoisotopic (exact) mass is 328 g/mol. The van der Waals surface area contributed by atoms with E-state index in [0.717, 1.165) is 12.1 Å². The van der Waals surface area contributed by atoms with E-state index in [1.807, 2.05) is 0 Å². The number of primary sulfonamides is 1. The Kier molecular flexibility index (Phi) is 4.95. The van der Waals surface area contributed by atoms with Crippen LogP contribution in [-0.2, 0) is 14.8 Å². The lowest BCUT2D eigenvalue weighted by atomic mass is 10.1. The van der Waals surface area contributed by atoms with Crippen molar-refractivity contribution in [1.82, 2.24) is 5.32 Å². The van der Waals surface area contributed by atoms with Crippen LogP contribution < -0.4 is 10.5 Å². The predicted octanol–water partition coefficient (Wildman–Crippen LogP) is 1.41. The Hall–Kier alpha value is -1.68. The highest BCUT2D eigenvalue weighted by Crippen LogP contribution is 2.24. The maximum absolute atomic E-state index is 12.8. The number of carbonyl (C=O) groups excluding carboxylic acids is 1. The van der Waals surface area contributed by atoms with Crippen LogP contribution in [0.1, 0.15) is 18.5 Å². The average molecular weight is 328 g/mol. The Morgan fingerprint density at radius 3 is 2.10 bits per heavy atom. The maximum atomic E-state index is 12.8. The number of nitrogens with one attached hydrogen (secondary N) is 1. The summed E-state index contributed by atoms with van der Waals surface area (Å²) in [6.45, 7) is 1.28. The molecule has 0 saturated heterocycles. The highest BCUT2D eigenvalue weighted by Gasteiger charge is 2.49. The molecule has 1 unspecified atom stereocenters. The fourth-order valence-corrected chi connectivity index (χ4v) is 1.94. The van der Waals surface area contributed by atoms with Crippen LogP contribution in [0.4, 0.5) is 17.6 Å². The SMILES string of the molecule is CC(NC(=O)C(F)(F)C(F)F)c1ccc(S(N)(=O)=O)cc1. The number of hydrogen-bond donors (Lipinski definition) is 2. The van der Waals surface area contributed by atoms with E-state index in [4.69, 9.17) is 5.14 Å². The van der Waals surface area contributed by atoms with E-state index < -0.39 is 34.3 Å². The maximum Gasteiger partial charge on any atom is 0.383 e. The van der Waals surface area contributed by atoms with Crippen LogP contribution in [0.5, 0.6) is 0 Å². The van der Waals surface area contributed by atoms with E-state index in [1.165, 1.54) is 19.1 Å². The molecule has 0 fully saturated rings. The standard InChI is InChI=1S/C11H12F4N2O3S/c1-6(17-10(18)11(14,15)9(12)13)7-2-4-8(5-3-7)21(16,19)20/h2-6,9H,1H3,(H,17,18)(H2,16,19,20). The Bertz CT molecular complexity index is 617. The smallest absolute Gasteiger partial charge is 0.344 e. The minimum absolute atomic E-state index is 0.206. The molecule has 1 amide bonds. The summed E-state index contributed by atoms with van der Waals surface area (Å²) in [5.74, 6) is -6.91. The van der Waals surface area contributed by atoms with Gasteiger partial charge in [-0.2, -0.15) is 8.78 Å². The van der Waals surface area contributed by atoms with Crippen LogP contribution in [0.15, 0.2) is 29.2 Å². The van der Waals surface area contributed by atoms with Crippen LogP contribution in [0.3, 0.4) is 0 Å². The highest BCUT2D eigenvalue weighted by atomic mass is 32.2. The molecule has 118 valence electrons. The number of rotatable bonds is 5. The Balaban J connectivity index is 2.86. The normalized spacial score (nSPS) is 14.0. The summed E-state index contributed by atoms with van der Waals surface area (Å²) in [6.07, 6.45) is -4.12. The summed E-state index contributed by atoms with van der Waals surface area (Å²) < 4.78 is 71.6. The molecule has 1 rings (SSSR count). The van der Waals surface area contributed by atoms with Gasteiger partial charge in [0.2, 0.25) is 10.0 Å². The van der Waals surface area contributed by atoms with Crippen molar-refractivity contribution >= 4 is 15.9 Å². The van der Waals surface area contributed by atoms with E-state index in [9.17, 15) is 30.8 Å². The van der Waals surface area contributed by atoms with Crippen molar-refractivity contribution < 1.29 is 30.8 Å². The number of sulfonamides is 1. The van der Waals surface area contributed by atoms with Crippen molar-refractivity contribution in [2.75, 3.05) is 0 Å². The van der Waals surface area contributed by atoms with Crippen molar-refractivity contribution in [3.63, 3.8) is 0 Å². The molecule has 21 heavy (non-hydrogen) atoms. The summed E-state index contributed by atoms with van der Waals surface area (Å²) >= 11 is 0. The summed E-state index contributed by atoms with van der Waals surface area (Å²) in [6, 6.07) is 3.66. The quantitative estimate of drug-likeness (QED) is 0.801. The molecular weight excluding hydrogens is 316 g/mol. The van der Waals surface area contributed by atoms with Crippen molar-refractivity contribution in [2.45, 2.75) is 30.2 Å². The van der Waals surface area contributed by atoms with Gasteiger partial charge in [0.15, 0.2) is 0 Å². The molecule has 0 aliphatic rings. The third kappa shape index (κ3) is 4.14. The van der Waals surface area contributed by atoms with Gasteiger partial charge < -0.3 is 5.32 Å². The molecule has 1 atom stereocenters. The third-order valence-corrected chi connectivity index (χ3v) is 3.56. The number of hydrogen-bond acceptors (Lipinski definition) is 3. The number of amides is 1.